The third-order valence-corrected chi connectivity index (χ3v) is 6.97. The van der Waals surface area contributed by atoms with Gasteiger partial charge < -0.3 is 25.8 Å². The summed E-state index contributed by atoms with van der Waals surface area (Å²) < 4.78 is 33.7. The zero-order valence-electron chi connectivity index (χ0n) is 25.3. The Balaban J connectivity index is 1.41. The van der Waals surface area contributed by atoms with Gasteiger partial charge in [0.2, 0.25) is 17.6 Å². The first-order valence-electron chi connectivity index (χ1n) is 14.5. The van der Waals surface area contributed by atoms with Crippen LogP contribution in [0.1, 0.15) is 38.3 Å². The number of halogens is 2. The first-order valence-corrected chi connectivity index (χ1v) is 14.5. The molecule has 0 saturated heterocycles. The van der Waals surface area contributed by atoms with Gasteiger partial charge in [0.25, 0.3) is 0 Å². The second-order valence-corrected chi connectivity index (χ2v) is 11.3. The molecule has 0 aliphatic heterocycles. The van der Waals surface area contributed by atoms with Crippen molar-refractivity contribution >= 4 is 11.8 Å². The second-order valence-electron chi connectivity index (χ2n) is 11.3. The van der Waals surface area contributed by atoms with E-state index in [2.05, 4.69) is 36.6 Å². The maximum absolute atomic E-state index is 14.1. The first-order chi connectivity index (χ1) is 21.5. The Bertz CT molecular complexity index is 1540. The van der Waals surface area contributed by atoms with E-state index in [0.717, 1.165) is 34.4 Å². The van der Waals surface area contributed by atoms with Gasteiger partial charge in [0, 0.05) is 36.2 Å². The van der Waals surface area contributed by atoms with Gasteiger partial charge in [-0.25, -0.2) is 8.78 Å². The van der Waals surface area contributed by atoms with Gasteiger partial charge in [-0.15, -0.1) is 10.2 Å². The number of ether oxygens (including phenoxy) is 1. The molecule has 0 unspecified atom stereocenters. The van der Waals surface area contributed by atoms with Gasteiger partial charge in [-0.05, 0) is 54.8 Å². The Morgan fingerprint density at radius 2 is 1.69 bits per heavy atom. The van der Waals surface area contributed by atoms with Gasteiger partial charge in [0.15, 0.2) is 0 Å². The molecule has 0 fully saturated rings. The van der Waals surface area contributed by atoms with E-state index in [-0.39, 0.29) is 31.7 Å². The minimum atomic E-state index is -1.14. The Hall–Kier alpha value is -4.59. The molecule has 1 heterocycles. The van der Waals surface area contributed by atoms with E-state index in [9.17, 15) is 23.5 Å². The van der Waals surface area contributed by atoms with E-state index in [1.165, 1.54) is 6.07 Å². The van der Waals surface area contributed by atoms with Crippen LogP contribution >= 0.6 is 0 Å². The molecule has 0 spiro atoms. The van der Waals surface area contributed by atoms with E-state index in [4.69, 9.17) is 4.74 Å². The van der Waals surface area contributed by atoms with Gasteiger partial charge >= 0.3 is 0 Å². The lowest BCUT2D eigenvalue weighted by molar-refractivity contribution is -0.131. The summed E-state index contributed by atoms with van der Waals surface area (Å²) in [5.74, 6) is -2.04. The number of aliphatic hydroxyl groups is 1. The lowest BCUT2D eigenvalue weighted by atomic mass is 9.98. The highest BCUT2D eigenvalue weighted by Crippen LogP contribution is 2.29. The Labute approximate surface area is 259 Å². The molecule has 238 valence electrons. The Kier molecular flexibility index (Phi) is 11.4. The van der Waals surface area contributed by atoms with Crippen molar-refractivity contribution in [1.82, 2.24) is 36.6 Å². The quantitative estimate of drug-likeness (QED) is 0.136. The highest BCUT2D eigenvalue weighted by Gasteiger charge is 2.27. The molecule has 0 saturated carbocycles. The molecule has 4 aromatic rings. The Morgan fingerprint density at radius 1 is 1.00 bits per heavy atom. The number of nitrogens with zero attached hydrogens (tertiary/aromatic N) is 3. The van der Waals surface area contributed by atoms with Gasteiger partial charge in [-0.3, -0.25) is 9.59 Å². The molecule has 45 heavy (non-hydrogen) atoms. The number of tetrazole rings is 1. The SMILES string of the molecule is C[C@@H](O)CNC(C)(C)CC(=O)N[C@H](COCc1c(F)cccc1F)C(=O)NCc1ccc(-c2ccccc2-c2nn[nH]n2)cc1. The van der Waals surface area contributed by atoms with E-state index in [1.807, 2.05) is 48.5 Å². The summed E-state index contributed by atoms with van der Waals surface area (Å²) in [7, 11) is 0. The summed E-state index contributed by atoms with van der Waals surface area (Å²) in [4.78, 5) is 26.2. The molecule has 2 atom stereocenters. The number of benzene rings is 3. The average Bonchev–Trinajstić information content (AvgIpc) is 3.55. The van der Waals surface area contributed by atoms with Crippen molar-refractivity contribution < 1.29 is 28.2 Å². The van der Waals surface area contributed by atoms with Crippen LogP contribution in [0.5, 0.6) is 0 Å². The van der Waals surface area contributed by atoms with Crippen molar-refractivity contribution in [1.29, 1.82) is 0 Å². The fourth-order valence-electron chi connectivity index (χ4n) is 4.59. The van der Waals surface area contributed by atoms with Crippen molar-refractivity contribution in [2.24, 2.45) is 0 Å². The smallest absolute Gasteiger partial charge is 0.245 e. The Morgan fingerprint density at radius 3 is 2.33 bits per heavy atom. The zero-order chi connectivity index (χ0) is 32.4. The molecule has 0 aliphatic carbocycles. The van der Waals surface area contributed by atoms with Gasteiger partial charge in [0.1, 0.15) is 17.7 Å². The summed E-state index contributed by atoms with van der Waals surface area (Å²) >= 11 is 0. The molecule has 0 radical (unpaired) electrons. The monoisotopic (exact) mass is 621 g/mol. The van der Waals surface area contributed by atoms with Crippen LogP contribution in [0.3, 0.4) is 0 Å². The lowest BCUT2D eigenvalue weighted by Crippen LogP contribution is -2.52. The molecule has 13 heteroatoms. The maximum atomic E-state index is 14.1. The van der Waals surface area contributed by atoms with Crippen LogP contribution in [-0.2, 0) is 27.5 Å². The number of nitrogens with one attached hydrogen (secondary N) is 4. The largest absolute Gasteiger partial charge is 0.392 e. The van der Waals surface area contributed by atoms with Crippen molar-refractivity contribution in [2.45, 2.75) is 58.0 Å². The topological polar surface area (TPSA) is 154 Å². The summed E-state index contributed by atoms with van der Waals surface area (Å²) in [6, 6.07) is 17.5. The number of rotatable bonds is 15. The van der Waals surface area contributed by atoms with Crippen LogP contribution in [0, 0.1) is 11.6 Å². The lowest BCUT2D eigenvalue weighted by Gasteiger charge is -2.28. The fraction of sp³-hybridized carbons (Fsp3) is 0.344. The minimum absolute atomic E-state index is 0.00175. The van der Waals surface area contributed by atoms with Gasteiger partial charge in [-0.2, -0.15) is 5.21 Å². The number of aromatic amines is 1. The first kappa shape index (κ1) is 33.3. The predicted octanol–water partition coefficient (Wildman–Crippen LogP) is 3.27. The average molecular weight is 622 g/mol. The van der Waals surface area contributed by atoms with Crippen LogP contribution in [0.4, 0.5) is 8.78 Å². The van der Waals surface area contributed by atoms with Crippen molar-refractivity contribution in [3.05, 3.63) is 89.5 Å². The number of hydrogen-bond acceptors (Lipinski definition) is 8. The van der Waals surface area contributed by atoms with Crippen LogP contribution in [0.15, 0.2) is 66.7 Å². The minimum Gasteiger partial charge on any atom is -0.392 e. The number of H-pyrrole nitrogens is 1. The van der Waals surface area contributed by atoms with Crippen molar-refractivity contribution in [2.75, 3.05) is 13.2 Å². The number of aliphatic hydroxyl groups excluding tert-OH is 1. The molecule has 11 nitrogen and oxygen atoms in total. The van der Waals surface area contributed by atoms with Gasteiger partial charge in [-0.1, -0.05) is 54.6 Å². The molecule has 2 amide bonds. The number of amides is 2. The molecule has 0 aliphatic rings. The number of hydrogen-bond donors (Lipinski definition) is 5. The van der Waals surface area contributed by atoms with Crippen LogP contribution in [0.2, 0.25) is 0 Å². The molecule has 1 aromatic heterocycles. The van der Waals surface area contributed by atoms with Crippen LogP contribution in [-0.4, -0.2) is 68.4 Å². The normalized spacial score (nSPS) is 12.8. The third-order valence-electron chi connectivity index (χ3n) is 6.97. The van der Waals surface area contributed by atoms with E-state index in [0.29, 0.717) is 5.82 Å². The van der Waals surface area contributed by atoms with Crippen molar-refractivity contribution in [3.63, 3.8) is 0 Å². The molecule has 0 bridgehead atoms. The van der Waals surface area contributed by atoms with Crippen LogP contribution < -0.4 is 16.0 Å². The maximum Gasteiger partial charge on any atom is 0.245 e. The molecule has 5 N–H and O–H groups in total. The number of carbonyl (C=O) groups excluding carboxylic acids is 2. The predicted molar refractivity (Wildman–Crippen MR) is 163 cm³/mol. The summed E-state index contributed by atoms with van der Waals surface area (Å²) in [6.07, 6.45) is -0.606. The van der Waals surface area contributed by atoms with Crippen LogP contribution in [0.25, 0.3) is 22.5 Å². The second kappa shape index (κ2) is 15.4. The molecule has 3 aromatic carbocycles. The number of carbonyl (C=O) groups is 2. The molecule has 4 rings (SSSR count). The molecular formula is C32H37F2N7O4. The van der Waals surface area contributed by atoms with E-state index >= 15 is 0 Å². The standard InChI is InChI=1S/C32H37F2N7O4/c1-20(42)16-36-32(2,3)15-29(43)37-28(19-45-18-25-26(33)9-6-10-27(25)34)31(44)35-17-21-11-13-22(14-12-21)23-7-4-5-8-24(23)30-38-40-41-39-30/h4-14,20,28,36,42H,15-19H2,1-3H3,(H,35,44)(H,37,43)(H,38,39,40,41)/t20-,28-/m1/s1. The zero-order valence-corrected chi connectivity index (χ0v) is 25.3. The molecular weight excluding hydrogens is 584 g/mol. The number of β-amino-alcohol motifs (C(OH)–C–C–N with tert-alkyl or cyclic N) is 1. The number of aromatic nitrogens is 4. The van der Waals surface area contributed by atoms with E-state index < -0.39 is 47.7 Å². The summed E-state index contributed by atoms with van der Waals surface area (Å²) in [5.41, 5.74) is 2.48. The third kappa shape index (κ3) is 9.70. The highest BCUT2D eigenvalue weighted by molar-refractivity contribution is 5.88. The summed E-state index contributed by atoms with van der Waals surface area (Å²) in [6.45, 7) is 4.91. The fourth-order valence-corrected chi connectivity index (χ4v) is 4.59. The van der Waals surface area contributed by atoms with Gasteiger partial charge in [0.05, 0.1) is 19.3 Å². The van der Waals surface area contributed by atoms with Crippen molar-refractivity contribution in [3.8, 4) is 22.5 Å². The summed E-state index contributed by atoms with van der Waals surface area (Å²) in [5, 5.41) is 32.4. The van der Waals surface area contributed by atoms with E-state index in [1.54, 1.807) is 20.8 Å². The highest BCUT2D eigenvalue weighted by atomic mass is 19.1.